The minimum Gasteiger partial charge on any atom is -0.507 e. The summed E-state index contributed by atoms with van der Waals surface area (Å²) in [6.07, 6.45) is 9.76. The van der Waals surface area contributed by atoms with Gasteiger partial charge in [-0.3, -0.25) is 4.90 Å². The van der Waals surface area contributed by atoms with E-state index in [0.717, 1.165) is 43.9 Å². The number of rotatable bonds is 4. The molecule has 5 heterocycles. The van der Waals surface area contributed by atoms with Gasteiger partial charge in [0.05, 0.1) is 17.9 Å². The molecule has 1 spiro atoms. The van der Waals surface area contributed by atoms with Crippen LogP contribution in [0.3, 0.4) is 0 Å². The molecule has 2 aromatic heterocycles. The van der Waals surface area contributed by atoms with Gasteiger partial charge in [0, 0.05) is 55.7 Å². The van der Waals surface area contributed by atoms with Crippen LogP contribution in [0.1, 0.15) is 44.2 Å². The van der Waals surface area contributed by atoms with Crippen molar-refractivity contribution >= 4 is 17.2 Å². The first-order valence-corrected chi connectivity index (χ1v) is 14.2. The van der Waals surface area contributed by atoms with Crippen molar-refractivity contribution in [3.63, 3.8) is 0 Å². The lowest BCUT2D eigenvalue weighted by Gasteiger charge is -2.47. The highest BCUT2D eigenvalue weighted by atomic mass is 16.3. The van der Waals surface area contributed by atoms with E-state index in [0.29, 0.717) is 34.6 Å². The van der Waals surface area contributed by atoms with Crippen LogP contribution < -0.4 is 15.5 Å². The molecular weight excluding hydrogens is 486 g/mol. The predicted molar refractivity (Wildman–Crippen MR) is 154 cm³/mol. The highest BCUT2D eigenvalue weighted by Gasteiger charge is 2.44. The number of nitrogens with zero attached hydrogens (tertiary/aromatic N) is 6. The number of phenolic OH excluding ortho intramolecular Hbond substituents is 1. The zero-order chi connectivity index (χ0) is 26.4. The highest BCUT2D eigenvalue weighted by Crippen LogP contribution is 2.45. The molecule has 3 saturated heterocycles. The molecule has 0 radical (unpaired) electrons. The van der Waals surface area contributed by atoms with Gasteiger partial charge in [0.1, 0.15) is 11.4 Å². The standard InChI is InChI=1S/C31H35N7O/c32-30-28(17-27(34-35-30)26-7-1-2-8-29(26)39)37-18-24-9-10-25(19-37)38(24)23-11-14-33-22(16-23)6-5-15-36-20-31(21-36)12-3-4-13-31/h1-2,7-8,11,14,16-17,24-25,39H,3-4,9-10,12-13,15,18-21H2,(H2,32,35). The Labute approximate surface area is 229 Å². The molecule has 200 valence electrons. The highest BCUT2D eigenvalue weighted by molar-refractivity contribution is 5.74. The number of benzene rings is 1. The van der Waals surface area contributed by atoms with Crippen molar-refractivity contribution in [1.82, 2.24) is 20.1 Å². The number of hydrogen-bond donors (Lipinski definition) is 2. The number of pyridine rings is 1. The molecule has 8 nitrogen and oxygen atoms in total. The van der Waals surface area contributed by atoms with Crippen LogP contribution in [0, 0.1) is 17.3 Å². The molecule has 4 fully saturated rings. The number of hydrogen-bond acceptors (Lipinski definition) is 8. The summed E-state index contributed by atoms with van der Waals surface area (Å²) in [6.45, 7) is 4.98. The van der Waals surface area contributed by atoms with E-state index in [1.54, 1.807) is 12.1 Å². The average molecular weight is 522 g/mol. The summed E-state index contributed by atoms with van der Waals surface area (Å²) in [5.74, 6) is 7.31. The summed E-state index contributed by atoms with van der Waals surface area (Å²) in [6, 6.07) is 14.2. The van der Waals surface area contributed by atoms with Gasteiger partial charge in [-0.05, 0) is 67.4 Å². The number of aromatic hydroxyl groups is 1. The number of likely N-dealkylation sites (tertiary alicyclic amines) is 1. The topological polar surface area (TPSA) is 94.6 Å². The van der Waals surface area contributed by atoms with Gasteiger partial charge >= 0.3 is 0 Å². The molecule has 4 aliphatic rings. The Morgan fingerprint density at radius 3 is 2.54 bits per heavy atom. The van der Waals surface area contributed by atoms with E-state index in [1.807, 2.05) is 24.4 Å². The second-order valence-electron chi connectivity index (χ2n) is 11.8. The zero-order valence-corrected chi connectivity index (χ0v) is 22.3. The maximum Gasteiger partial charge on any atom is 0.169 e. The molecule has 8 heteroatoms. The van der Waals surface area contributed by atoms with Gasteiger partial charge in [0.25, 0.3) is 0 Å². The Balaban J connectivity index is 1.05. The number of piperazine rings is 1. The number of nitrogens with two attached hydrogens (primary N) is 1. The monoisotopic (exact) mass is 521 g/mol. The Hall–Kier alpha value is -3.83. The van der Waals surface area contributed by atoms with Crippen LogP contribution in [-0.2, 0) is 0 Å². The summed E-state index contributed by atoms with van der Waals surface area (Å²) in [4.78, 5) is 11.9. The van der Waals surface area contributed by atoms with Crippen LogP contribution in [0.2, 0.25) is 0 Å². The quantitative estimate of drug-likeness (QED) is 0.499. The molecule has 2 atom stereocenters. The minimum atomic E-state index is 0.187. The molecule has 1 saturated carbocycles. The van der Waals surface area contributed by atoms with Crippen molar-refractivity contribution in [3.05, 3.63) is 54.4 Å². The zero-order valence-electron chi connectivity index (χ0n) is 22.3. The Morgan fingerprint density at radius 1 is 1.00 bits per heavy atom. The molecule has 7 rings (SSSR count). The van der Waals surface area contributed by atoms with Crippen molar-refractivity contribution in [3.8, 4) is 28.8 Å². The van der Waals surface area contributed by atoms with E-state index in [1.165, 1.54) is 44.5 Å². The van der Waals surface area contributed by atoms with Crippen LogP contribution in [-0.4, -0.2) is 70.0 Å². The molecule has 2 unspecified atom stereocenters. The first-order chi connectivity index (χ1) is 19.1. The molecule has 39 heavy (non-hydrogen) atoms. The molecule has 3 aliphatic heterocycles. The van der Waals surface area contributed by atoms with E-state index in [-0.39, 0.29) is 5.75 Å². The fraction of sp³-hybridized carbons (Fsp3) is 0.452. The van der Waals surface area contributed by atoms with Crippen molar-refractivity contribution in [2.24, 2.45) is 5.41 Å². The molecule has 1 aromatic carbocycles. The van der Waals surface area contributed by atoms with Gasteiger partial charge in [0.2, 0.25) is 0 Å². The third-order valence-corrected chi connectivity index (χ3v) is 9.15. The van der Waals surface area contributed by atoms with Crippen molar-refractivity contribution in [2.75, 3.05) is 48.3 Å². The normalized spacial score (nSPS) is 23.5. The van der Waals surface area contributed by atoms with Gasteiger partial charge in [-0.1, -0.05) is 30.9 Å². The number of fused-ring (bicyclic) bond motifs is 2. The Bertz CT molecular complexity index is 1420. The predicted octanol–water partition coefficient (Wildman–Crippen LogP) is 3.91. The maximum absolute atomic E-state index is 10.3. The van der Waals surface area contributed by atoms with Crippen LogP contribution in [0.4, 0.5) is 17.2 Å². The van der Waals surface area contributed by atoms with E-state index in [2.05, 4.69) is 53.9 Å². The van der Waals surface area contributed by atoms with Crippen molar-refractivity contribution in [2.45, 2.75) is 50.6 Å². The van der Waals surface area contributed by atoms with E-state index < -0.39 is 0 Å². The van der Waals surface area contributed by atoms with Crippen molar-refractivity contribution in [1.29, 1.82) is 0 Å². The summed E-state index contributed by atoms with van der Waals surface area (Å²) in [5.41, 5.74) is 11.1. The lowest BCUT2D eigenvalue weighted by Crippen LogP contribution is -2.54. The minimum absolute atomic E-state index is 0.187. The van der Waals surface area contributed by atoms with Gasteiger partial charge in [-0.25, -0.2) is 4.98 Å². The first kappa shape index (κ1) is 24.2. The SMILES string of the molecule is Nc1nnc(-c2ccccc2O)cc1N1CC2CCC(C1)N2c1ccnc(C#CCN2CC3(CCCC3)C2)c1. The summed E-state index contributed by atoms with van der Waals surface area (Å²) >= 11 is 0. The smallest absolute Gasteiger partial charge is 0.169 e. The van der Waals surface area contributed by atoms with Gasteiger partial charge in [-0.15, -0.1) is 10.2 Å². The number of anilines is 3. The summed E-state index contributed by atoms with van der Waals surface area (Å²) < 4.78 is 0. The Morgan fingerprint density at radius 2 is 1.77 bits per heavy atom. The van der Waals surface area contributed by atoms with E-state index in [9.17, 15) is 5.11 Å². The number of nitrogen functional groups attached to an aromatic ring is 1. The van der Waals surface area contributed by atoms with E-state index in [4.69, 9.17) is 5.73 Å². The molecule has 0 amide bonds. The van der Waals surface area contributed by atoms with Crippen LogP contribution in [0.5, 0.6) is 5.75 Å². The lowest BCUT2D eigenvalue weighted by molar-refractivity contribution is 0.0176. The lowest BCUT2D eigenvalue weighted by atomic mass is 9.78. The molecule has 3 N–H and O–H groups in total. The number of phenols is 1. The summed E-state index contributed by atoms with van der Waals surface area (Å²) in [7, 11) is 0. The molecular formula is C31H35N7O. The van der Waals surface area contributed by atoms with Gasteiger partial charge < -0.3 is 20.6 Å². The molecule has 2 bridgehead atoms. The fourth-order valence-corrected chi connectivity index (χ4v) is 7.33. The second kappa shape index (κ2) is 9.73. The van der Waals surface area contributed by atoms with Crippen LogP contribution in [0.15, 0.2) is 48.7 Å². The van der Waals surface area contributed by atoms with Crippen LogP contribution >= 0.6 is 0 Å². The summed E-state index contributed by atoms with van der Waals surface area (Å²) in [5, 5.41) is 18.8. The third kappa shape index (κ3) is 4.55. The third-order valence-electron chi connectivity index (χ3n) is 9.15. The second-order valence-corrected chi connectivity index (χ2v) is 11.8. The maximum atomic E-state index is 10.3. The van der Waals surface area contributed by atoms with Crippen LogP contribution in [0.25, 0.3) is 11.3 Å². The number of aromatic nitrogens is 3. The largest absolute Gasteiger partial charge is 0.507 e. The Kier molecular flexibility index (Phi) is 6.04. The molecule has 3 aromatic rings. The van der Waals surface area contributed by atoms with E-state index >= 15 is 0 Å². The average Bonchev–Trinajstić information content (AvgIpc) is 3.52. The number of para-hydroxylation sites is 1. The van der Waals surface area contributed by atoms with Gasteiger partial charge in [0.15, 0.2) is 5.82 Å². The first-order valence-electron chi connectivity index (χ1n) is 14.2. The molecule has 1 aliphatic carbocycles. The fourth-order valence-electron chi connectivity index (χ4n) is 7.33. The van der Waals surface area contributed by atoms with Gasteiger partial charge in [-0.2, -0.15) is 0 Å². The van der Waals surface area contributed by atoms with Crippen molar-refractivity contribution < 1.29 is 5.11 Å².